The number of aliphatic hydroxyl groups excluding tert-OH is 1. The van der Waals surface area contributed by atoms with Gasteiger partial charge in [0, 0.05) is 51.7 Å². The third-order valence-electron chi connectivity index (χ3n) is 3.86. The number of aliphatic hydroxyl groups is 1. The molecule has 0 aromatic heterocycles. The van der Waals surface area contributed by atoms with E-state index < -0.39 is 9.84 Å². The molecule has 0 saturated carbocycles. The molecule has 0 aromatic rings. The first-order valence-electron chi connectivity index (χ1n) is 7.05. The maximum absolute atomic E-state index is 12.2. The van der Waals surface area contributed by atoms with Gasteiger partial charge in [0.05, 0.1) is 18.1 Å². The molecule has 116 valence electrons. The Hall–Kier alpha value is -0.700. The third-order valence-corrected chi connectivity index (χ3v) is 5.60. The lowest BCUT2D eigenvalue weighted by Crippen LogP contribution is -2.52. The van der Waals surface area contributed by atoms with Crippen LogP contribution in [0.1, 0.15) is 6.42 Å². The van der Waals surface area contributed by atoms with Crippen molar-refractivity contribution in [2.24, 2.45) is 0 Å². The lowest BCUT2D eigenvalue weighted by atomic mass is 10.2. The van der Waals surface area contributed by atoms with Crippen LogP contribution in [0.2, 0.25) is 0 Å². The van der Waals surface area contributed by atoms with Crippen LogP contribution < -0.4 is 5.32 Å². The van der Waals surface area contributed by atoms with Crippen LogP contribution in [-0.4, -0.2) is 92.7 Å². The number of rotatable bonds is 4. The fourth-order valence-electron chi connectivity index (χ4n) is 2.70. The molecule has 1 atom stereocenters. The first-order chi connectivity index (χ1) is 9.50. The van der Waals surface area contributed by atoms with Crippen molar-refractivity contribution in [3.05, 3.63) is 0 Å². The second-order valence-electron chi connectivity index (χ2n) is 5.42. The number of amides is 1. The summed E-state index contributed by atoms with van der Waals surface area (Å²) in [5, 5.41) is 12.0. The molecule has 0 aliphatic carbocycles. The smallest absolute Gasteiger partial charge is 0.224 e. The highest BCUT2D eigenvalue weighted by atomic mass is 32.2. The zero-order chi connectivity index (χ0) is 14.6. The molecule has 20 heavy (non-hydrogen) atoms. The van der Waals surface area contributed by atoms with Crippen molar-refractivity contribution >= 4 is 15.7 Å². The second kappa shape index (κ2) is 6.84. The van der Waals surface area contributed by atoms with Crippen molar-refractivity contribution in [2.45, 2.75) is 12.5 Å². The average Bonchev–Trinajstić information content (AvgIpc) is 2.38. The molecule has 2 fully saturated rings. The Labute approximate surface area is 119 Å². The summed E-state index contributed by atoms with van der Waals surface area (Å²) < 4.78 is 23.1. The average molecular weight is 305 g/mol. The molecule has 2 saturated heterocycles. The van der Waals surface area contributed by atoms with E-state index in [0.717, 1.165) is 13.1 Å². The topological polar surface area (TPSA) is 90.0 Å². The number of carbonyl (C=O) groups is 1. The van der Waals surface area contributed by atoms with Crippen molar-refractivity contribution < 1.29 is 18.3 Å². The Balaban J connectivity index is 1.78. The van der Waals surface area contributed by atoms with Crippen LogP contribution in [0.15, 0.2) is 0 Å². The highest BCUT2D eigenvalue weighted by molar-refractivity contribution is 7.91. The summed E-state index contributed by atoms with van der Waals surface area (Å²) in [5.74, 6) is 0.240. The van der Waals surface area contributed by atoms with Crippen LogP contribution in [0, 0.1) is 0 Å². The molecule has 2 N–H and O–H groups in total. The van der Waals surface area contributed by atoms with Crippen molar-refractivity contribution in [2.75, 3.05) is 57.4 Å². The zero-order valence-electron chi connectivity index (χ0n) is 11.6. The molecule has 0 spiro atoms. The molecule has 1 unspecified atom stereocenters. The summed E-state index contributed by atoms with van der Waals surface area (Å²) in [7, 11) is -2.99. The van der Waals surface area contributed by atoms with Crippen LogP contribution in [0.25, 0.3) is 0 Å². The summed E-state index contributed by atoms with van der Waals surface area (Å²) in [5.41, 5.74) is 0. The Morgan fingerprint density at radius 2 is 1.95 bits per heavy atom. The highest BCUT2D eigenvalue weighted by Crippen LogP contribution is 2.09. The normalized spacial score (nSPS) is 27.4. The van der Waals surface area contributed by atoms with E-state index in [4.69, 9.17) is 5.11 Å². The quantitative estimate of drug-likeness (QED) is 0.618. The second-order valence-corrected chi connectivity index (χ2v) is 7.64. The minimum Gasteiger partial charge on any atom is -0.395 e. The fourth-order valence-corrected chi connectivity index (χ4v) is 4.14. The molecule has 1 amide bonds. The molecular weight excluding hydrogens is 282 g/mol. The van der Waals surface area contributed by atoms with E-state index in [1.807, 2.05) is 0 Å². The van der Waals surface area contributed by atoms with Gasteiger partial charge in [-0.05, 0) is 0 Å². The minimum absolute atomic E-state index is 0.0169. The number of hydrogen-bond donors (Lipinski definition) is 2. The summed E-state index contributed by atoms with van der Waals surface area (Å²) >= 11 is 0. The summed E-state index contributed by atoms with van der Waals surface area (Å²) in [6, 6.07) is -0.253. The number of sulfone groups is 1. The number of piperazine rings is 1. The van der Waals surface area contributed by atoms with Crippen molar-refractivity contribution in [3.63, 3.8) is 0 Å². The van der Waals surface area contributed by atoms with Gasteiger partial charge in [0.15, 0.2) is 9.84 Å². The van der Waals surface area contributed by atoms with Crippen LogP contribution in [0.4, 0.5) is 0 Å². The SMILES string of the molecule is O=C(CC1CS(=O)(=O)CCN1)N1CCN(CCO)CC1. The molecule has 2 heterocycles. The van der Waals surface area contributed by atoms with Gasteiger partial charge in [0.25, 0.3) is 0 Å². The van der Waals surface area contributed by atoms with Gasteiger partial charge in [-0.25, -0.2) is 8.42 Å². The first-order valence-corrected chi connectivity index (χ1v) is 8.87. The molecule has 0 bridgehead atoms. The minimum atomic E-state index is -2.99. The molecule has 8 heteroatoms. The molecule has 2 aliphatic rings. The molecule has 7 nitrogen and oxygen atoms in total. The van der Waals surface area contributed by atoms with Crippen LogP contribution in [0.3, 0.4) is 0 Å². The predicted octanol–water partition coefficient (Wildman–Crippen LogP) is -2.10. The monoisotopic (exact) mass is 305 g/mol. The largest absolute Gasteiger partial charge is 0.395 e. The van der Waals surface area contributed by atoms with Crippen molar-refractivity contribution in [1.29, 1.82) is 0 Å². The zero-order valence-corrected chi connectivity index (χ0v) is 12.4. The summed E-state index contributed by atoms with van der Waals surface area (Å²) in [6.07, 6.45) is 0.249. The standard InChI is InChI=1S/C12H23N3O4S/c16-7-6-14-2-4-15(5-3-14)12(17)9-11-10-20(18,19)8-1-13-11/h11,13,16H,1-10H2. The summed E-state index contributed by atoms with van der Waals surface area (Å²) in [6.45, 7) is 4.05. The lowest BCUT2D eigenvalue weighted by molar-refractivity contribution is -0.133. The Morgan fingerprint density at radius 1 is 1.25 bits per heavy atom. The van der Waals surface area contributed by atoms with Gasteiger partial charge in [0.1, 0.15) is 0 Å². The predicted molar refractivity (Wildman–Crippen MR) is 75.2 cm³/mol. The highest BCUT2D eigenvalue weighted by Gasteiger charge is 2.28. The maximum atomic E-state index is 12.2. The number of carbonyl (C=O) groups excluding carboxylic acids is 1. The van der Waals surface area contributed by atoms with Gasteiger partial charge in [-0.15, -0.1) is 0 Å². The van der Waals surface area contributed by atoms with Gasteiger partial charge < -0.3 is 15.3 Å². The number of β-amino-alcohol motifs (C(OH)–C–C–N with tert-alkyl or cyclic N) is 1. The maximum Gasteiger partial charge on any atom is 0.224 e. The van der Waals surface area contributed by atoms with Crippen molar-refractivity contribution in [1.82, 2.24) is 15.1 Å². The molecule has 0 radical (unpaired) electrons. The number of nitrogens with zero attached hydrogens (tertiary/aromatic N) is 2. The lowest BCUT2D eigenvalue weighted by Gasteiger charge is -2.35. The van der Waals surface area contributed by atoms with E-state index in [-0.39, 0.29) is 36.5 Å². The Morgan fingerprint density at radius 3 is 2.55 bits per heavy atom. The van der Waals surface area contributed by atoms with Gasteiger partial charge in [-0.3, -0.25) is 9.69 Å². The van der Waals surface area contributed by atoms with E-state index in [1.165, 1.54) is 0 Å². The van der Waals surface area contributed by atoms with Crippen LogP contribution >= 0.6 is 0 Å². The Bertz CT molecular complexity index is 432. The van der Waals surface area contributed by atoms with Gasteiger partial charge in [-0.2, -0.15) is 0 Å². The van der Waals surface area contributed by atoms with Crippen LogP contribution in [0.5, 0.6) is 0 Å². The van der Waals surface area contributed by atoms with Crippen molar-refractivity contribution in [3.8, 4) is 0 Å². The molecule has 2 rings (SSSR count). The fraction of sp³-hybridized carbons (Fsp3) is 0.917. The van der Waals surface area contributed by atoms with E-state index in [1.54, 1.807) is 4.90 Å². The number of hydrogen-bond acceptors (Lipinski definition) is 6. The number of nitrogens with one attached hydrogen (secondary N) is 1. The van der Waals surface area contributed by atoms with Gasteiger partial charge in [-0.1, -0.05) is 0 Å². The summed E-state index contributed by atoms with van der Waals surface area (Å²) in [4.78, 5) is 16.1. The van der Waals surface area contributed by atoms with Crippen LogP contribution in [-0.2, 0) is 14.6 Å². The van der Waals surface area contributed by atoms with E-state index in [2.05, 4.69) is 10.2 Å². The molecule has 2 aliphatic heterocycles. The molecular formula is C12H23N3O4S. The van der Waals surface area contributed by atoms with E-state index >= 15 is 0 Å². The van der Waals surface area contributed by atoms with E-state index in [9.17, 15) is 13.2 Å². The molecule has 0 aromatic carbocycles. The van der Waals surface area contributed by atoms with E-state index in [0.29, 0.717) is 26.2 Å². The Kier molecular flexibility index (Phi) is 5.36. The third kappa shape index (κ3) is 4.41. The van der Waals surface area contributed by atoms with Gasteiger partial charge >= 0.3 is 0 Å². The van der Waals surface area contributed by atoms with Gasteiger partial charge in [0.2, 0.25) is 5.91 Å². The first kappa shape index (κ1) is 15.7.